The lowest BCUT2D eigenvalue weighted by atomic mass is 9.98. The van der Waals surface area contributed by atoms with Gasteiger partial charge in [-0.2, -0.15) is 0 Å². The molecule has 2 rings (SSSR count). The number of oxazole rings is 1. The van der Waals surface area contributed by atoms with Crippen LogP contribution >= 0.6 is 0 Å². The Morgan fingerprint density at radius 2 is 2.41 bits per heavy atom. The Morgan fingerprint density at radius 1 is 1.59 bits per heavy atom. The molecule has 1 N–H and O–H groups in total. The lowest BCUT2D eigenvalue weighted by Gasteiger charge is -2.37. The monoisotopic (exact) mass is 237 g/mol. The number of nitrogens with one attached hydrogen (secondary N) is 1. The number of rotatable bonds is 4. The predicted molar refractivity (Wildman–Crippen MR) is 67.8 cm³/mol. The second kappa shape index (κ2) is 5.65. The molecule has 2 unspecified atom stereocenters. The van der Waals surface area contributed by atoms with Crippen LogP contribution in [0, 0.1) is 6.92 Å². The van der Waals surface area contributed by atoms with E-state index in [1.807, 2.05) is 6.92 Å². The van der Waals surface area contributed by atoms with Crippen LogP contribution < -0.4 is 5.32 Å². The van der Waals surface area contributed by atoms with Gasteiger partial charge in [-0.3, -0.25) is 4.90 Å². The van der Waals surface area contributed by atoms with Crippen LogP contribution in [-0.2, 0) is 6.54 Å². The summed E-state index contributed by atoms with van der Waals surface area (Å²) in [6.45, 7) is 9.44. The van der Waals surface area contributed by atoms with Gasteiger partial charge in [0.1, 0.15) is 5.76 Å². The zero-order valence-electron chi connectivity index (χ0n) is 11.1. The van der Waals surface area contributed by atoms with E-state index in [0.717, 1.165) is 31.3 Å². The van der Waals surface area contributed by atoms with Gasteiger partial charge in [-0.05, 0) is 33.2 Å². The first-order chi connectivity index (χ1) is 8.19. The van der Waals surface area contributed by atoms with Crippen molar-refractivity contribution in [3.8, 4) is 0 Å². The minimum atomic E-state index is 0.597. The van der Waals surface area contributed by atoms with E-state index in [0.29, 0.717) is 12.1 Å². The van der Waals surface area contributed by atoms with Crippen LogP contribution in [0.5, 0.6) is 0 Å². The maximum Gasteiger partial charge on any atom is 0.208 e. The average Bonchev–Trinajstić information content (AvgIpc) is 2.69. The van der Waals surface area contributed by atoms with E-state index in [1.165, 1.54) is 12.8 Å². The first-order valence-electron chi connectivity index (χ1n) is 6.57. The summed E-state index contributed by atoms with van der Waals surface area (Å²) in [6.07, 6.45) is 4.23. The highest BCUT2D eigenvalue weighted by atomic mass is 16.4. The summed E-state index contributed by atoms with van der Waals surface area (Å²) < 4.78 is 5.54. The van der Waals surface area contributed by atoms with E-state index < -0.39 is 0 Å². The van der Waals surface area contributed by atoms with E-state index in [-0.39, 0.29) is 0 Å². The molecular formula is C13H23N3O. The Bertz CT molecular complexity index is 350. The van der Waals surface area contributed by atoms with Crippen molar-refractivity contribution in [2.75, 3.05) is 13.1 Å². The molecule has 1 aromatic heterocycles. The molecule has 0 aromatic carbocycles. The van der Waals surface area contributed by atoms with Crippen molar-refractivity contribution in [1.82, 2.24) is 15.2 Å². The summed E-state index contributed by atoms with van der Waals surface area (Å²) in [7, 11) is 0. The molecule has 0 bridgehead atoms. The summed E-state index contributed by atoms with van der Waals surface area (Å²) in [5.74, 6) is 1.74. The highest BCUT2D eigenvalue weighted by Crippen LogP contribution is 2.19. The van der Waals surface area contributed by atoms with Crippen molar-refractivity contribution in [2.45, 2.75) is 52.2 Å². The van der Waals surface area contributed by atoms with Crippen molar-refractivity contribution >= 4 is 0 Å². The van der Waals surface area contributed by atoms with Crippen LogP contribution in [0.4, 0.5) is 0 Å². The Morgan fingerprint density at radius 3 is 3.00 bits per heavy atom. The third kappa shape index (κ3) is 3.30. The molecule has 4 nitrogen and oxygen atoms in total. The zero-order valence-corrected chi connectivity index (χ0v) is 11.1. The fourth-order valence-corrected chi connectivity index (χ4v) is 2.58. The molecule has 1 aliphatic heterocycles. The molecule has 0 radical (unpaired) electrons. The maximum absolute atomic E-state index is 5.54. The Labute approximate surface area is 103 Å². The third-order valence-corrected chi connectivity index (χ3v) is 3.51. The van der Waals surface area contributed by atoms with Crippen molar-refractivity contribution in [3.05, 3.63) is 17.8 Å². The second-order valence-electron chi connectivity index (χ2n) is 4.96. The van der Waals surface area contributed by atoms with Crippen LogP contribution in [0.1, 0.15) is 38.3 Å². The number of hydrogen-bond donors (Lipinski definition) is 1. The molecule has 1 fully saturated rings. The van der Waals surface area contributed by atoms with Crippen molar-refractivity contribution in [3.63, 3.8) is 0 Å². The largest absolute Gasteiger partial charge is 0.445 e. The Kier molecular flexibility index (Phi) is 4.18. The summed E-state index contributed by atoms with van der Waals surface area (Å²) in [5.41, 5.74) is 0. The van der Waals surface area contributed by atoms with Gasteiger partial charge in [0.2, 0.25) is 5.89 Å². The van der Waals surface area contributed by atoms with Gasteiger partial charge in [-0.25, -0.2) is 4.98 Å². The lowest BCUT2D eigenvalue weighted by Crippen LogP contribution is -2.46. The molecule has 1 saturated heterocycles. The van der Waals surface area contributed by atoms with Gasteiger partial charge < -0.3 is 9.73 Å². The van der Waals surface area contributed by atoms with Gasteiger partial charge in [-0.1, -0.05) is 6.92 Å². The standard InChI is InChI=1S/C13H23N3O/c1-4-14-12-5-6-16(10(2)7-12)9-13-15-8-11(3)17-13/h8,10,12,14H,4-7,9H2,1-3H3. The molecule has 1 aromatic rings. The molecule has 0 amide bonds. The molecular weight excluding hydrogens is 214 g/mol. The summed E-state index contributed by atoms with van der Waals surface area (Å²) >= 11 is 0. The highest BCUT2D eigenvalue weighted by molar-refractivity contribution is 4.92. The van der Waals surface area contributed by atoms with Gasteiger partial charge in [0.15, 0.2) is 0 Å². The minimum absolute atomic E-state index is 0.597. The average molecular weight is 237 g/mol. The fourth-order valence-electron chi connectivity index (χ4n) is 2.58. The van der Waals surface area contributed by atoms with Crippen molar-refractivity contribution in [2.24, 2.45) is 0 Å². The SMILES string of the molecule is CCNC1CCN(Cc2ncc(C)o2)C(C)C1. The molecule has 1 aliphatic rings. The molecule has 0 aliphatic carbocycles. The van der Waals surface area contributed by atoms with E-state index in [2.05, 4.69) is 29.0 Å². The predicted octanol–water partition coefficient (Wildman–Crippen LogP) is 1.95. The van der Waals surface area contributed by atoms with Crippen molar-refractivity contribution < 1.29 is 4.42 Å². The molecule has 4 heteroatoms. The van der Waals surface area contributed by atoms with Crippen LogP contribution in [0.3, 0.4) is 0 Å². The van der Waals surface area contributed by atoms with E-state index in [4.69, 9.17) is 4.42 Å². The number of piperidine rings is 1. The quantitative estimate of drug-likeness (QED) is 0.869. The number of aryl methyl sites for hydroxylation is 1. The van der Waals surface area contributed by atoms with Crippen molar-refractivity contribution in [1.29, 1.82) is 0 Å². The number of aromatic nitrogens is 1. The van der Waals surface area contributed by atoms with Crippen LogP contribution in [0.25, 0.3) is 0 Å². The number of likely N-dealkylation sites (tertiary alicyclic amines) is 1. The molecule has 17 heavy (non-hydrogen) atoms. The van der Waals surface area contributed by atoms with Gasteiger partial charge in [0, 0.05) is 18.6 Å². The first-order valence-corrected chi connectivity index (χ1v) is 6.57. The summed E-state index contributed by atoms with van der Waals surface area (Å²) in [5, 5.41) is 3.54. The Hall–Kier alpha value is -0.870. The molecule has 2 atom stereocenters. The van der Waals surface area contributed by atoms with Crippen LogP contribution in [0.2, 0.25) is 0 Å². The number of nitrogens with zero attached hydrogens (tertiary/aromatic N) is 2. The minimum Gasteiger partial charge on any atom is -0.445 e. The lowest BCUT2D eigenvalue weighted by molar-refractivity contribution is 0.118. The second-order valence-corrected chi connectivity index (χ2v) is 4.96. The van der Waals surface area contributed by atoms with Gasteiger partial charge in [-0.15, -0.1) is 0 Å². The smallest absolute Gasteiger partial charge is 0.208 e. The van der Waals surface area contributed by atoms with Crippen LogP contribution in [-0.4, -0.2) is 35.1 Å². The normalized spacial score (nSPS) is 26.3. The maximum atomic E-state index is 5.54. The topological polar surface area (TPSA) is 41.3 Å². The number of hydrogen-bond acceptors (Lipinski definition) is 4. The summed E-state index contributed by atoms with van der Waals surface area (Å²) in [4.78, 5) is 6.73. The van der Waals surface area contributed by atoms with E-state index >= 15 is 0 Å². The molecule has 96 valence electrons. The van der Waals surface area contributed by atoms with E-state index in [1.54, 1.807) is 6.20 Å². The van der Waals surface area contributed by atoms with Gasteiger partial charge in [0.05, 0.1) is 12.7 Å². The fraction of sp³-hybridized carbons (Fsp3) is 0.769. The highest BCUT2D eigenvalue weighted by Gasteiger charge is 2.25. The third-order valence-electron chi connectivity index (χ3n) is 3.51. The van der Waals surface area contributed by atoms with Gasteiger partial charge >= 0.3 is 0 Å². The first kappa shape index (κ1) is 12.6. The van der Waals surface area contributed by atoms with Crippen LogP contribution in [0.15, 0.2) is 10.6 Å². The Balaban J connectivity index is 1.87. The van der Waals surface area contributed by atoms with E-state index in [9.17, 15) is 0 Å². The molecule has 2 heterocycles. The zero-order chi connectivity index (χ0) is 12.3. The summed E-state index contributed by atoms with van der Waals surface area (Å²) in [6, 6.07) is 1.28. The molecule has 0 saturated carbocycles. The molecule has 0 spiro atoms. The van der Waals surface area contributed by atoms with Gasteiger partial charge in [0.25, 0.3) is 0 Å².